The maximum absolute atomic E-state index is 14.1. The van der Waals surface area contributed by atoms with Gasteiger partial charge in [-0.1, -0.05) is 0 Å². The molecule has 140 valence electrons. The fourth-order valence-electron chi connectivity index (χ4n) is 2.19. The molecule has 1 amide bonds. The van der Waals surface area contributed by atoms with Gasteiger partial charge in [0.05, 0.1) is 13.7 Å². The number of aryl methyl sites for hydroxylation is 1. The number of nitrogens with zero attached hydrogens (tertiary/aromatic N) is 3. The second kappa shape index (κ2) is 7.59. The van der Waals surface area contributed by atoms with Gasteiger partial charge in [-0.05, 0) is 6.92 Å². The summed E-state index contributed by atoms with van der Waals surface area (Å²) >= 11 is 0. The Bertz CT molecular complexity index is 761. The van der Waals surface area contributed by atoms with Crippen LogP contribution in [-0.4, -0.2) is 36.2 Å². The number of nitrogens with one attached hydrogen (secondary N) is 1. The van der Waals surface area contributed by atoms with Gasteiger partial charge >= 0.3 is 11.9 Å². The zero-order chi connectivity index (χ0) is 19.4. The van der Waals surface area contributed by atoms with Gasteiger partial charge in [-0.2, -0.15) is 19.0 Å². The third kappa shape index (κ3) is 4.62. The summed E-state index contributed by atoms with van der Waals surface area (Å²) in [5.74, 6) is -3.64. The molecule has 0 radical (unpaired) electrons. The van der Waals surface area contributed by atoms with E-state index in [2.05, 4.69) is 31.2 Å². The quantitative estimate of drug-likeness (QED) is 0.532. The summed E-state index contributed by atoms with van der Waals surface area (Å²) in [6, 6.07) is 0. The molecule has 1 aliphatic heterocycles. The summed E-state index contributed by atoms with van der Waals surface area (Å²) in [6.45, 7) is 0.299. The molecule has 0 spiro atoms. The number of oxazole rings is 1. The topological polar surface area (TPSA) is 106 Å². The molecule has 26 heavy (non-hydrogen) atoms. The van der Waals surface area contributed by atoms with Crippen LogP contribution in [0.1, 0.15) is 47.8 Å². The van der Waals surface area contributed by atoms with Crippen molar-refractivity contribution in [3.63, 3.8) is 0 Å². The number of aromatic nitrogens is 1. The van der Waals surface area contributed by atoms with Gasteiger partial charge in [0.15, 0.2) is 11.4 Å². The minimum Gasteiger partial charge on any atom is -0.464 e. The lowest BCUT2D eigenvalue weighted by molar-refractivity contribution is -0.124. The van der Waals surface area contributed by atoms with Crippen molar-refractivity contribution in [1.82, 2.24) is 10.3 Å². The average Bonchev–Trinajstić information content (AvgIpc) is 3.28. The monoisotopic (exact) mass is 368 g/mol. The van der Waals surface area contributed by atoms with Crippen molar-refractivity contribution in [3.05, 3.63) is 17.3 Å². The van der Waals surface area contributed by atoms with Crippen molar-refractivity contribution in [2.75, 3.05) is 13.7 Å². The highest BCUT2D eigenvalue weighted by atomic mass is 19.3. The smallest absolute Gasteiger partial charge is 0.360 e. The predicted molar refractivity (Wildman–Crippen MR) is 84.4 cm³/mol. The summed E-state index contributed by atoms with van der Waals surface area (Å²) in [4.78, 5) is 26.7. The van der Waals surface area contributed by atoms with E-state index in [4.69, 9.17) is 10.8 Å². The fraction of sp³-hybridized carbons (Fsp3) is 0.562. The number of methoxy groups -OCH3 is 1. The summed E-state index contributed by atoms with van der Waals surface area (Å²) in [5, 5.41) is 9.86. The molecular formula is C16H18F2N4O4. The van der Waals surface area contributed by atoms with Gasteiger partial charge in [0, 0.05) is 25.7 Å². The molecule has 8 nitrogen and oxygen atoms in total. The Morgan fingerprint density at radius 2 is 2.08 bits per heavy atom. The Balaban J connectivity index is 1.87. The first kappa shape index (κ1) is 19.5. The van der Waals surface area contributed by atoms with E-state index in [9.17, 15) is 18.4 Å². The van der Waals surface area contributed by atoms with E-state index in [1.807, 2.05) is 0 Å². The van der Waals surface area contributed by atoms with Gasteiger partial charge in [-0.15, -0.1) is 12.3 Å². The summed E-state index contributed by atoms with van der Waals surface area (Å²) < 4.78 is 37.6. The molecular weight excluding hydrogens is 350 g/mol. The first-order valence-corrected chi connectivity index (χ1v) is 7.81. The normalized spacial score (nSPS) is 14.6. The predicted octanol–water partition coefficient (Wildman–Crippen LogP) is 2.33. The highest BCUT2D eigenvalue weighted by molar-refractivity contribution is 5.88. The van der Waals surface area contributed by atoms with Gasteiger partial charge in [0.25, 0.3) is 5.89 Å². The minimum absolute atomic E-state index is 0.0221. The van der Waals surface area contributed by atoms with Crippen LogP contribution in [0.2, 0.25) is 0 Å². The molecule has 1 N–H and O–H groups in total. The average molecular weight is 368 g/mol. The molecule has 2 heterocycles. The van der Waals surface area contributed by atoms with Gasteiger partial charge in [0.1, 0.15) is 5.76 Å². The number of ether oxygens (including phenoxy) is 1. The van der Waals surface area contributed by atoms with Crippen LogP contribution in [0.25, 0.3) is 0 Å². The number of carbonyl (C=O) groups excluding carboxylic acids is 2. The number of rotatable bonds is 9. The van der Waals surface area contributed by atoms with E-state index in [1.54, 1.807) is 0 Å². The third-order valence-corrected chi connectivity index (χ3v) is 3.80. The maximum atomic E-state index is 14.1. The zero-order valence-corrected chi connectivity index (χ0v) is 14.3. The highest BCUT2D eigenvalue weighted by Gasteiger charge is 2.41. The number of esters is 1. The fourth-order valence-corrected chi connectivity index (χ4v) is 2.19. The van der Waals surface area contributed by atoms with E-state index in [0.717, 1.165) is 7.11 Å². The van der Waals surface area contributed by atoms with E-state index >= 15 is 0 Å². The lowest BCUT2D eigenvalue weighted by Gasteiger charge is -2.14. The van der Waals surface area contributed by atoms with E-state index in [-0.39, 0.29) is 17.9 Å². The Kier molecular flexibility index (Phi) is 5.69. The Morgan fingerprint density at radius 3 is 2.65 bits per heavy atom. The first-order valence-electron chi connectivity index (χ1n) is 7.81. The van der Waals surface area contributed by atoms with Crippen LogP contribution >= 0.6 is 0 Å². The van der Waals surface area contributed by atoms with E-state index < -0.39 is 35.9 Å². The number of halogens is 2. The largest absolute Gasteiger partial charge is 0.464 e. The second-order valence-corrected chi connectivity index (χ2v) is 5.78. The molecule has 2 rings (SSSR count). The molecule has 0 saturated heterocycles. The van der Waals surface area contributed by atoms with Crippen LogP contribution in [0.15, 0.2) is 14.6 Å². The standard InChI is InChI=1S/C16H18F2N4O4/c1-4-5-7-15(21-22-15)8-6-11(23)19-9-16(17,18)14-20-12(10(2)26-14)13(24)25-3/h1H,5-9H2,2-3H3,(H,19,23). The molecule has 0 bridgehead atoms. The van der Waals surface area contributed by atoms with Gasteiger partial charge in [-0.25, -0.2) is 9.78 Å². The van der Waals surface area contributed by atoms with Gasteiger partial charge in [-0.3, -0.25) is 4.79 Å². The van der Waals surface area contributed by atoms with Crippen LogP contribution in [-0.2, 0) is 15.5 Å². The van der Waals surface area contributed by atoms with Crippen molar-refractivity contribution < 1.29 is 27.5 Å². The summed E-state index contributed by atoms with van der Waals surface area (Å²) in [7, 11) is 1.10. The van der Waals surface area contributed by atoms with Crippen LogP contribution in [0.5, 0.6) is 0 Å². The molecule has 10 heteroatoms. The summed E-state index contributed by atoms with van der Waals surface area (Å²) in [6.07, 6.45) is 6.45. The number of amides is 1. The molecule has 1 aliphatic rings. The van der Waals surface area contributed by atoms with Crippen molar-refractivity contribution in [1.29, 1.82) is 0 Å². The lowest BCUT2D eigenvalue weighted by atomic mass is 10.0. The van der Waals surface area contributed by atoms with E-state index in [0.29, 0.717) is 19.3 Å². The Labute approximate surface area is 148 Å². The Morgan fingerprint density at radius 1 is 1.38 bits per heavy atom. The van der Waals surface area contributed by atoms with Gasteiger partial charge in [0.2, 0.25) is 5.91 Å². The molecule has 1 aromatic rings. The molecule has 0 atom stereocenters. The number of alkyl halides is 2. The van der Waals surface area contributed by atoms with Crippen LogP contribution in [0.3, 0.4) is 0 Å². The number of hydrogen-bond acceptors (Lipinski definition) is 7. The molecule has 0 unspecified atom stereocenters. The van der Waals surface area contributed by atoms with Crippen LogP contribution < -0.4 is 5.32 Å². The van der Waals surface area contributed by atoms with E-state index in [1.165, 1.54) is 6.92 Å². The minimum atomic E-state index is -3.58. The van der Waals surface area contributed by atoms with Crippen molar-refractivity contribution in [3.8, 4) is 12.3 Å². The van der Waals surface area contributed by atoms with Gasteiger partial charge < -0.3 is 14.5 Å². The highest BCUT2D eigenvalue weighted by Crippen LogP contribution is 2.37. The maximum Gasteiger partial charge on any atom is 0.360 e. The number of hydrogen-bond donors (Lipinski definition) is 1. The van der Waals surface area contributed by atoms with Crippen molar-refractivity contribution in [2.45, 2.75) is 44.2 Å². The Hall–Kier alpha value is -2.83. The summed E-state index contributed by atoms with van der Waals surface area (Å²) in [5.41, 5.74) is -0.984. The van der Waals surface area contributed by atoms with Crippen LogP contribution in [0, 0.1) is 19.3 Å². The zero-order valence-electron chi connectivity index (χ0n) is 14.3. The molecule has 1 aromatic heterocycles. The number of carbonyl (C=O) groups is 2. The third-order valence-electron chi connectivity index (χ3n) is 3.80. The van der Waals surface area contributed by atoms with Crippen LogP contribution in [0.4, 0.5) is 8.78 Å². The molecule has 0 saturated carbocycles. The molecule has 0 fully saturated rings. The molecule has 0 aromatic carbocycles. The first-order chi connectivity index (χ1) is 12.2. The number of terminal acetylenes is 1. The second-order valence-electron chi connectivity index (χ2n) is 5.78. The van der Waals surface area contributed by atoms with Crippen molar-refractivity contribution >= 4 is 11.9 Å². The van der Waals surface area contributed by atoms with Crippen molar-refractivity contribution in [2.24, 2.45) is 10.2 Å². The SMILES string of the molecule is C#CCCC1(CCC(=O)NCC(F)(F)c2nc(C(=O)OC)c(C)o2)N=N1. The molecule has 0 aliphatic carbocycles. The lowest BCUT2D eigenvalue weighted by Crippen LogP contribution is -2.35.